The van der Waals surface area contributed by atoms with E-state index in [0.717, 1.165) is 42.7 Å². The van der Waals surface area contributed by atoms with Gasteiger partial charge in [-0.05, 0) is 61.6 Å². The lowest BCUT2D eigenvalue weighted by atomic mass is 9.92. The fourth-order valence-corrected chi connectivity index (χ4v) is 2.43. The minimum atomic E-state index is -0.224. The van der Waals surface area contributed by atoms with Gasteiger partial charge in [0, 0.05) is 18.0 Å². The molecule has 1 fully saturated rings. The van der Waals surface area contributed by atoms with E-state index in [1.807, 2.05) is 18.2 Å². The molecule has 0 aromatic carbocycles. The molecule has 2 aromatic rings. The number of amides is 1. The molecule has 2 heterocycles. The lowest BCUT2D eigenvalue weighted by Crippen LogP contribution is -2.21. The molecule has 1 saturated carbocycles. The number of allylic oxidation sites excluding steroid dienone is 1. The molecule has 1 N–H and O–H groups in total. The number of hydrogen-bond acceptors (Lipinski definition) is 4. The van der Waals surface area contributed by atoms with Crippen LogP contribution in [-0.2, 0) is 0 Å². The fraction of sp³-hybridized carbons (Fsp3) is 0.235. The van der Waals surface area contributed by atoms with E-state index in [-0.39, 0.29) is 5.91 Å². The Morgan fingerprint density at radius 3 is 2.82 bits per heavy atom. The molecular weight excluding hydrogens is 278 g/mol. The van der Waals surface area contributed by atoms with Crippen LogP contribution in [0.15, 0.2) is 58.0 Å². The van der Waals surface area contributed by atoms with E-state index in [9.17, 15) is 4.79 Å². The van der Waals surface area contributed by atoms with Gasteiger partial charge in [-0.1, -0.05) is 0 Å². The summed E-state index contributed by atoms with van der Waals surface area (Å²) < 4.78 is 5.35. The van der Waals surface area contributed by atoms with Crippen molar-refractivity contribution in [3.63, 3.8) is 0 Å². The Balaban J connectivity index is 1.75. The van der Waals surface area contributed by atoms with Gasteiger partial charge in [0.1, 0.15) is 5.76 Å². The molecule has 0 unspecified atom stereocenters. The first kappa shape index (κ1) is 14.3. The van der Waals surface area contributed by atoms with Gasteiger partial charge in [-0.3, -0.25) is 9.78 Å². The summed E-state index contributed by atoms with van der Waals surface area (Å²) in [6, 6.07) is 7.10. The summed E-state index contributed by atoms with van der Waals surface area (Å²) in [6.07, 6.45) is 10.8. The van der Waals surface area contributed by atoms with Crippen molar-refractivity contribution in [3.05, 3.63) is 59.8 Å². The minimum absolute atomic E-state index is 0.224. The summed E-state index contributed by atoms with van der Waals surface area (Å²) in [4.78, 5) is 15.9. The maximum Gasteiger partial charge on any atom is 0.271 e. The molecular formula is C17H17N3O2. The lowest BCUT2D eigenvalue weighted by molar-refractivity contribution is 0.0954. The normalized spacial score (nSPS) is 18.5. The number of nitrogens with zero attached hydrogens (tertiary/aromatic N) is 2. The average molecular weight is 295 g/mol. The van der Waals surface area contributed by atoms with Crippen molar-refractivity contribution in [1.82, 2.24) is 10.4 Å². The van der Waals surface area contributed by atoms with Crippen LogP contribution in [0.1, 0.15) is 41.8 Å². The Labute approximate surface area is 128 Å². The molecule has 5 nitrogen and oxygen atoms in total. The Bertz CT molecular complexity index is 688. The van der Waals surface area contributed by atoms with Crippen molar-refractivity contribution in [2.24, 2.45) is 5.10 Å². The van der Waals surface area contributed by atoms with E-state index < -0.39 is 0 Å². The van der Waals surface area contributed by atoms with Gasteiger partial charge < -0.3 is 4.42 Å². The fourth-order valence-electron chi connectivity index (χ4n) is 2.43. The van der Waals surface area contributed by atoms with Gasteiger partial charge in [0.15, 0.2) is 0 Å². The van der Waals surface area contributed by atoms with E-state index in [1.54, 1.807) is 30.8 Å². The first-order valence-electron chi connectivity index (χ1n) is 7.34. The van der Waals surface area contributed by atoms with Crippen LogP contribution in [0.25, 0.3) is 6.08 Å². The number of pyridine rings is 1. The summed E-state index contributed by atoms with van der Waals surface area (Å²) in [5.74, 6) is 0.586. The maximum absolute atomic E-state index is 12.0. The van der Waals surface area contributed by atoms with E-state index in [4.69, 9.17) is 4.42 Å². The number of hydrogen-bond donors (Lipinski definition) is 1. The Hall–Kier alpha value is -2.69. The second-order valence-electron chi connectivity index (χ2n) is 5.13. The Morgan fingerprint density at radius 2 is 2.05 bits per heavy atom. The average Bonchev–Trinajstić information content (AvgIpc) is 3.07. The summed E-state index contributed by atoms with van der Waals surface area (Å²) in [5, 5.41) is 4.31. The van der Waals surface area contributed by atoms with Crippen LogP contribution in [0, 0.1) is 0 Å². The zero-order chi connectivity index (χ0) is 15.2. The Morgan fingerprint density at radius 1 is 1.23 bits per heavy atom. The van der Waals surface area contributed by atoms with Crippen LogP contribution in [0.5, 0.6) is 0 Å². The van der Waals surface area contributed by atoms with Gasteiger partial charge in [0.05, 0.1) is 12.0 Å². The standard InChI is InChI=1S/C17H17N3O2/c21-17(13-7-9-18-10-8-13)20-19-16-6-2-1-4-14(16)12-15-5-3-11-22-15/h3,5,7-12H,1-2,4,6H2,(H,20,21)/b14-12+,19-16-. The zero-order valence-electron chi connectivity index (χ0n) is 12.2. The first-order valence-corrected chi connectivity index (χ1v) is 7.34. The van der Waals surface area contributed by atoms with Crippen LogP contribution in [0.3, 0.4) is 0 Å². The smallest absolute Gasteiger partial charge is 0.271 e. The third-order valence-corrected chi connectivity index (χ3v) is 3.57. The third-order valence-electron chi connectivity index (χ3n) is 3.57. The zero-order valence-corrected chi connectivity index (χ0v) is 12.2. The van der Waals surface area contributed by atoms with Crippen LogP contribution in [0.2, 0.25) is 0 Å². The number of furan rings is 1. The molecule has 2 aromatic heterocycles. The van der Waals surface area contributed by atoms with E-state index in [1.165, 1.54) is 0 Å². The van der Waals surface area contributed by atoms with Crippen molar-refractivity contribution in [2.45, 2.75) is 25.7 Å². The van der Waals surface area contributed by atoms with Gasteiger partial charge in [-0.2, -0.15) is 5.10 Å². The van der Waals surface area contributed by atoms with E-state index in [0.29, 0.717) is 5.56 Å². The monoisotopic (exact) mass is 295 g/mol. The van der Waals surface area contributed by atoms with Gasteiger partial charge in [-0.25, -0.2) is 5.43 Å². The highest BCUT2D eigenvalue weighted by Gasteiger charge is 2.15. The highest BCUT2D eigenvalue weighted by molar-refractivity contribution is 6.05. The number of rotatable bonds is 3. The summed E-state index contributed by atoms with van der Waals surface area (Å²) in [6.45, 7) is 0. The van der Waals surface area contributed by atoms with Crippen LogP contribution < -0.4 is 5.43 Å². The van der Waals surface area contributed by atoms with Gasteiger partial charge >= 0.3 is 0 Å². The lowest BCUT2D eigenvalue weighted by Gasteiger charge is -2.16. The predicted molar refractivity (Wildman–Crippen MR) is 84.3 cm³/mol. The van der Waals surface area contributed by atoms with Crippen molar-refractivity contribution in [1.29, 1.82) is 0 Å². The molecule has 5 heteroatoms. The topological polar surface area (TPSA) is 67.5 Å². The summed E-state index contributed by atoms with van der Waals surface area (Å²) in [7, 11) is 0. The molecule has 112 valence electrons. The molecule has 0 saturated heterocycles. The molecule has 0 radical (unpaired) electrons. The molecule has 0 atom stereocenters. The van der Waals surface area contributed by atoms with Crippen LogP contribution in [-0.4, -0.2) is 16.6 Å². The molecule has 3 rings (SSSR count). The van der Waals surface area contributed by atoms with Crippen molar-refractivity contribution < 1.29 is 9.21 Å². The van der Waals surface area contributed by atoms with E-state index in [2.05, 4.69) is 15.5 Å². The molecule has 0 aliphatic heterocycles. The predicted octanol–water partition coefficient (Wildman–Crippen LogP) is 3.42. The number of hydrazone groups is 1. The minimum Gasteiger partial charge on any atom is -0.465 e. The number of carbonyl (C=O) groups excluding carboxylic acids is 1. The number of carbonyl (C=O) groups is 1. The van der Waals surface area contributed by atoms with Crippen molar-refractivity contribution >= 4 is 17.7 Å². The van der Waals surface area contributed by atoms with E-state index >= 15 is 0 Å². The summed E-state index contributed by atoms with van der Waals surface area (Å²) >= 11 is 0. The molecule has 0 bridgehead atoms. The maximum atomic E-state index is 12.0. The number of aromatic nitrogens is 1. The highest BCUT2D eigenvalue weighted by atomic mass is 16.3. The second-order valence-corrected chi connectivity index (χ2v) is 5.13. The SMILES string of the molecule is O=C(N/N=C1/CCCC/C1=C\c1ccco1)c1ccncc1. The van der Waals surface area contributed by atoms with Crippen molar-refractivity contribution in [3.8, 4) is 0 Å². The van der Waals surface area contributed by atoms with Crippen LogP contribution >= 0.6 is 0 Å². The van der Waals surface area contributed by atoms with Crippen LogP contribution in [0.4, 0.5) is 0 Å². The highest BCUT2D eigenvalue weighted by Crippen LogP contribution is 2.23. The molecule has 22 heavy (non-hydrogen) atoms. The van der Waals surface area contributed by atoms with Crippen molar-refractivity contribution in [2.75, 3.05) is 0 Å². The molecule has 0 spiro atoms. The summed E-state index contributed by atoms with van der Waals surface area (Å²) in [5.41, 5.74) is 5.22. The van der Waals surface area contributed by atoms with Gasteiger partial charge in [0.25, 0.3) is 5.91 Å². The van der Waals surface area contributed by atoms with Gasteiger partial charge in [0.2, 0.25) is 0 Å². The quantitative estimate of drug-likeness (QED) is 0.882. The largest absolute Gasteiger partial charge is 0.465 e. The molecule has 1 aliphatic rings. The third kappa shape index (κ3) is 3.49. The van der Waals surface area contributed by atoms with Gasteiger partial charge in [-0.15, -0.1) is 0 Å². The number of nitrogens with one attached hydrogen (secondary N) is 1. The Kier molecular flexibility index (Phi) is 4.44. The second kappa shape index (κ2) is 6.85. The molecule has 1 amide bonds. The molecule has 1 aliphatic carbocycles. The first-order chi connectivity index (χ1) is 10.8.